The number of para-hydroxylation sites is 2. The molecule has 0 spiro atoms. The molecule has 0 saturated carbocycles. The lowest BCUT2D eigenvalue weighted by Crippen LogP contribution is -2.26. The summed E-state index contributed by atoms with van der Waals surface area (Å²) >= 11 is 0. The molecule has 2 fully saturated rings. The van der Waals surface area contributed by atoms with Gasteiger partial charge in [0.05, 0.1) is 0 Å². The van der Waals surface area contributed by atoms with Gasteiger partial charge in [0.15, 0.2) is 0 Å². The minimum absolute atomic E-state index is 0. The topological polar surface area (TPSA) is 43.1 Å². The Morgan fingerprint density at radius 2 is 0.887 bits per heavy atom. The molecule has 0 aliphatic carbocycles. The zero-order valence-corrected chi connectivity index (χ0v) is 31.3. The van der Waals surface area contributed by atoms with Gasteiger partial charge in [-0.15, -0.1) is 12.4 Å². The number of nitrogens with zero attached hydrogens (tertiary/aromatic N) is 2. The zero-order chi connectivity index (χ0) is 35.0. The molecule has 0 atom stereocenters. The summed E-state index contributed by atoms with van der Waals surface area (Å²) < 4.78 is 10.8. The first-order valence-corrected chi connectivity index (χ1v) is 19.1. The molecule has 9 rings (SSSR count). The number of rotatable bonds is 9. The third-order valence-corrected chi connectivity index (χ3v) is 10.9. The molecule has 4 heterocycles. The highest BCUT2D eigenvalue weighted by Gasteiger charge is 2.21. The van der Waals surface area contributed by atoms with Crippen LogP contribution >= 0.6 is 12.4 Å². The fraction of sp³-hybridized carbons (Fsp3) is 0.277. The number of hydrogen-bond donors (Lipinski definition) is 2. The number of aromatic nitrogens is 2. The monoisotopic (exact) mass is 722 g/mol. The van der Waals surface area contributed by atoms with Gasteiger partial charge in [0, 0.05) is 47.3 Å². The summed E-state index contributed by atoms with van der Waals surface area (Å²) in [7, 11) is 0. The molecule has 5 nitrogen and oxygen atoms in total. The SMILES string of the molecule is Cl.c1ccc(COc2ccc(Cn3cc(C4CCNCC4)c4ccccc43)cc2)cc1.c1ccc(Cn2cc(C3CCNCC3)c3ccccc32)cc1. The molecule has 0 radical (unpaired) electrons. The van der Waals surface area contributed by atoms with Gasteiger partial charge in [-0.2, -0.15) is 0 Å². The summed E-state index contributed by atoms with van der Waals surface area (Å²) in [4.78, 5) is 0. The number of fused-ring (bicyclic) bond motifs is 2. The number of nitrogens with one attached hydrogen (secondary N) is 2. The first-order valence-electron chi connectivity index (χ1n) is 19.1. The molecule has 7 aromatic rings. The van der Waals surface area contributed by atoms with E-state index in [9.17, 15) is 0 Å². The van der Waals surface area contributed by atoms with Crippen LogP contribution in [0.25, 0.3) is 21.8 Å². The van der Waals surface area contributed by atoms with Gasteiger partial charge in [0.25, 0.3) is 0 Å². The standard InChI is InChI=1S/C27H28N2O.C20H22N2.ClH/c1-2-6-22(7-3-1)20-30-24-12-10-21(11-13-24)18-29-19-26(23-14-16-28-17-15-23)25-8-4-5-9-27(25)29;1-2-6-16(7-3-1)14-22-15-19(17-10-12-21-13-11-17)18-8-4-5-9-20(18)22;/h1-13,19,23,28H,14-18,20H2;1-9,15,17,21H,10-14H2;1H. The Morgan fingerprint density at radius 3 is 1.38 bits per heavy atom. The van der Waals surface area contributed by atoms with Crippen molar-refractivity contribution < 1.29 is 4.74 Å². The van der Waals surface area contributed by atoms with Crippen molar-refractivity contribution in [3.63, 3.8) is 0 Å². The Bertz CT molecular complexity index is 2160. The lowest BCUT2D eigenvalue weighted by Gasteiger charge is -2.22. The van der Waals surface area contributed by atoms with Gasteiger partial charge in [-0.3, -0.25) is 0 Å². The second-order valence-electron chi connectivity index (χ2n) is 14.4. The minimum Gasteiger partial charge on any atom is -0.489 e. The Kier molecular flexibility index (Phi) is 12.3. The predicted octanol–water partition coefficient (Wildman–Crippen LogP) is 10.3. The number of ether oxygens (including phenoxy) is 1. The average molecular weight is 723 g/mol. The average Bonchev–Trinajstić information content (AvgIpc) is 3.78. The molecule has 2 aliphatic heterocycles. The van der Waals surface area contributed by atoms with Crippen LogP contribution in [0, 0.1) is 0 Å². The minimum atomic E-state index is 0. The maximum absolute atomic E-state index is 5.94. The smallest absolute Gasteiger partial charge is 0.119 e. The van der Waals surface area contributed by atoms with E-state index in [1.807, 2.05) is 18.2 Å². The van der Waals surface area contributed by atoms with Crippen LogP contribution in [0.2, 0.25) is 0 Å². The largest absolute Gasteiger partial charge is 0.489 e. The summed E-state index contributed by atoms with van der Waals surface area (Å²) in [6.45, 7) is 6.95. The van der Waals surface area contributed by atoms with Crippen molar-refractivity contribution in [1.29, 1.82) is 0 Å². The van der Waals surface area contributed by atoms with Gasteiger partial charge < -0.3 is 24.5 Å². The van der Waals surface area contributed by atoms with Crippen molar-refractivity contribution in [2.45, 2.75) is 57.2 Å². The van der Waals surface area contributed by atoms with Crippen LogP contribution in [0.4, 0.5) is 0 Å². The number of halogens is 1. The van der Waals surface area contributed by atoms with E-state index >= 15 is 0 Å². The van der Waals surface area contributed by atoms with Crippen molar-refractivity contribution >= 4 is 34.2 Å². The fourth-order valence-corrected chi connectivity index (χ4v) is 8.14. The maximum atomic E-state index is 5.94. The molecule has 2 aliphatic rings. The first kappa shape index (κ1) is 36.5. The van der Waals surface area contributed by atoms with E-state index in [1.54, 1.807) is 0 Å². The van der Waals surface area contributed by atoms with Gasteiger partial charge >= 0.3 is 0 Å². The summed E-state index contributed by atoms with van der Waals surface area (Å²) in [6, 6.07) is 47.2. The zero-order valence-electron chi connectivity index (χ0n) is 30.5. The van der Waals surface area contributed by atoms with E-state index in [-0.39, 0.29) is 12.4 Å². The third kappa shape index (κ3) is 8.88. The third-order valence-electron chi connectivity index (χ3n) is 10.9. The van der Waals surface area contributed by atoms with Crippen LogP contribution in [0.5, 0.6) is 5.75 Å². The number of benzene rings is 5. The van der Waals surface area contributed by atoms with Gasteiger partial charge in [0.2, 0.25) is 0 Å². The lowest BCUT2D eigenvalue weighted by atomic mass is 9.90. The molecule has 0 bridgehead atoms. The number of hydrogen-bond acceptors (Lipinski definition) is 3. The molecule has 2 aromatic heterocycles. The molecule has 0 unspecified atom stereocenters. The van der Waals surface area contributed by atoms with E-state index < -0.39 is 0 Å². The highest BCUT2D eigenvalue weighted by atomic mass is 35.5. The van der Waals surface area contributed by atoms with Crippen LogP contribution in [0.15, 0.2) is 146 Å². The van der Waals surface area contributed by atoms with Crippen LogP contribution in [-0.4, -0.2) is 35.3 Å². The van der Waals surface area contributed by atoms with Gasteiger partial charge in [-0.25, -0.2) is 0 Å². The van der Waals surface area contributed by atoms with Crippen LogP contribution < -0.4 is 15.4 Å². The van der Waals surface area contributed by atoms with Crippen molar-refractivity contribution in [3.05, 3.63) is 174 Å². The molecule has 272 valence electrons. The molecule has 6 heteroatoms. The summed E-state index contributed by atoms with van der Waals surface area (Å²) in [5, 5.41) is 9.80. The van der Waals surface area contributed by atoms with E-state index in [0.29, 0.717) is 18.4 Å². The molecule has 5 aromatic carbocycles. The van der Waals surface area contributed by atoms with Crippen LogP contribution in [0.3, 0.4) is 0 Å². The molecule has 0 amide bonds. The predicted molar refractivity (Wildman–Crippen MR) is 223 cm³/mol. The Hall–Kier alpha value is -4.81. The number of piperidine rings is 2. The van der Waals surface area contributed by atoms with Gasteiger partial charge in [-0.05, 0) is 116 Å². The Balaban J connectivity index is 0.000000168. The van der Waals surface area contributed by atoms with E-state index in [0.717, 1.165) is 45.0 Å². The van der Waals surface area contributed by atoms with Crippen molar-refractivity contribution in [1.82, 2.24) is 19.8 Å². The van der Waals surface area contributed by atoms with E-state index in [4.69, 9.17) is 4.74 Å². The Morgan fingerprint density at radius 1 is 0.472 bits per heavy atom. The summed E-state index contributed by atoms with van der Waals surface area (Å²) in [5.41, 5.74) is 9.57. The highest BCUT2D eigenvalue weighted by molar-refractivity contribution is 5.86. The molecule has 2 N–H and O–H groups in total. The van der Waals surface area contributed by atoms with Gasteiger partial charge in [-0.1, -0.05) is 109 Å². The highest BCUT2D eigenvalue weighted by Crippen LogP contribution is 2.35. The lowest BCUT2D eigenvalue weighted by molar-refractivity contribution is 0.306. The summed E-state index contributed by atoms with van der Waals surface area (Å²) in [6.07, 6.45) is 9.73. The quantitative estimate of drug-likeness (QED) is 0.156. The maximum Gasteiger partial charge on any atom is 0.119 e. The van der Waals surface area contributed by atoms with Gasteiger partial charge in [0.1, 0.15) is 12.4 Å². The molecule has 53 heavy (non-hydrogen) atoms. The molecular weight excluding hydrogens is 672 g/mol. The first-order chi connectivity index (χ1) is 25.8. The second-order valence-corrected chi connectivity index (χ2v) is 14.4. The molecular formula is C47H51ClN4O. The second kappa shape index (κ2) is 17.8. The van der Waals surface area contributed by atoms with E-state index in [1.165, 1.54) is 75.3 Å². The van der Waals surface area contributed by atoms with Crippen molar-refractivity contribution in [3.8, 4) is 5.75 Å². The van der Waals surface area contributed by atoms with Crippen molar-refractivity contribution in [2.24, 2.45) is 0 Å². The summed E-state index contributed by atoms with van der Waals surface area (Å²) in [5.74, 6) is 2.27. The van der Waals surface area contributed by atoms with Crippen LogP contribution in [-0.2, 0) is 19.7 Å². The molecule has 2 saturated heterocycles. The van der Waals surface area contributed by atoms with Crippen LogP contribution in [0.1, 0.15) is 65.3 Å². The normalized spacial score (nSPS) is 15.1. The fourth-order valence-electron chi connectivity index (χ4n) is 8.14. The van der Waals surface area contributed by atoms with Crippen molar-refractivity contribution in [2.75, 3.05) is 26.2 Å². The van der Waals surface area contributed by atoms with E-state index in [2.05, 4.69) is 147 Å². The Labute approximate surface area is 320 Å².